The molecule has 1 saturated heterocycles. The number of benzene rings is 2. The summed E-state index contributed by atoms with van der Waals surface area (Å²) in [7, 11) is 0. The maximum absolute atomic E-state index is 13.1. The first-order chi connectivity index (χ1) is 14.0. The molecule has 0 aliphatic carbocycles. The number of halogens is 1. The predicted molar refractivity (Wildman–Crippen MR) is 118 cm³/mol. The fourth-order valence-electron chi connectivity index (χ4n) is 3.44. The minimum absolute atomic E-state index is 0.0202. The van der Waals surface area contributed by atoms with E-state index in [1.165, 1.54) is 4.90 Å². The summed E-state index contributed by atoms with van der Waals surface area (Å²) < 4.78 is 4.98. The van der Waals surface area contributed by atoms with Gasteiger partial charge in [0, 0.05) is 28.6 Å². The molecule has 0 atom stereocenters. The Balaban J connectivity index is 1.94. The standard InChI is InChI=1S/C23H24ClNO3S/c1-3-28-21(26)13-15-25-14-12-20(23(25)27)22(16-4-8-18(24)9-5-16)17-6-10-19(29-2)11-7-17/h4-11H,3,12-15H2,1-2H3/b22-20-. The van der Waals surface area contributed by atoms with Crippen LogP contribution in [0.2, 0.25) is 5.02 Å². The topological polar surface area (TPSA) is 46.6 Å². The Hall–Kier alpha value is -2.24. The van der Waals surface area contributed by atoms with Crippen LogP contribution in [0.5, 0.6) is 0 Å². The molecule has 0 radical (unpaired) electrons. The molecule has 3 rings (SSSR count). The second-order valence-electron chi connectivity index (χ2n) is 6.69. The quantitative estimate of drug-likeness (QED) is 0.351. The lowest BCUT2D eigenvalue weighted by molar-refractivity contribution is -0.143. The molecule has 1 amide bonds. The SMILES string of the molecule is CCOC(=O)CCN1CC/C(=C(\c2ccc(Cl)cc2)c2ccc(SC)cc2)C1=O. The zero-order valence-corrected chi connectivity index (χ0v) is 18.2. The number of hydrogen-bond donors (Lipinski definition) is 0. The summed E-state index contributed by atoms with van der Waals surface area (Å²) in [4.78, 5) is 27.7. The van der Waals surface area contributed by atoms with Crippen LogP contribution in [0, 0.1) is 0 Å². The Morgan fingerprint density at radius 1 is 1.10 bits per heavy atom. The van der Waals surface area contributed by atoms with Crippen molar-refractivity contribution in [3.05, 3.63) is 70.3 Å². The maximum Gasteiger partial charge on any atom is 0.307 e. The van der Waals surface area contributed by atoms with Crippen LogP contribution in [0.15, 0.2) is 59.0 Å². The Kier molecular flexibility index (Phi) is 7.40. The van der Waals surface area contributed by atoms with Gasteiger partial charge in [0.1, 0.15) is 0 Å². The highest BCUT2D eigenvalue weighted by atomic mass is 35.5. The highest BCUT2D eigenvalue weighted by molar-refractivity contribution is 7.98. The second kappa shape index (κ2) is 9.99. The Morgan fingerprint density at radius 2 is 1.72 bits per heavy atom. The average molecular weight is 430 g/mol. The highest BCUT2D eigenvalue weighted by Gasteiger charge is 2.30. The summed E-state index contributed by atoms with van der Waals surface area (Å²) in [6.07, 6.45) is 2.89. The Bertz CT molecular complexity index is 907. The van der Waals surface area contributed by atoms with E-state index in [2.05, 4.69) is 24.3 Å². The third-order valence-corrected chi connectivity index (χ3v) is 5.88. The van der Waals surface area contributed by atoms with Gasteiger partial charge in [-0.15, -0.1) is 11.8 Å². The lowest BCUT2D eigenvalue weighted by Gasteiger charge is -2.16. The van der Waals surface area contributed by atoms with Crippen LogP contribution in [-0.4, -0.2) is 42.7 Å². The third-order valence-electron chi connectivity index (χ3n) is 4.88. The van der Waals surface area contributed by atoms with Gasteiger partial charge in [-0.1, -0.05) is 35.9 Å². The minimum atomic E-state index is -0.275. The van der Waals surface area contributed by atoms with E-state index in [4.69, 9.17) is 16.3 Å². The van der Waals surface area contributed by atoms with Crippen LogP contribution < -0.4 is 0 Å². The first kappa shape index (κ1) is 21.5. The van der Waals surface area contributed by atoms with Gasteiger partial charge in [0.2, 0.25) is 0 Å². The van der Waals surface area contributed by atoms with E-state index < -0.39 is 0 Å². The molecular weight excluding hydrogens is 406 g/mol. The van der Waals surface area contributed by atoms with Crippen molar-refractivity contribution in [1.82, 2.24) is 4.90 Å². The number of rotatable bonds is 7. The number of thioether (sulfide) groups is 1. The highest BCUT2D eigenvalue weighted by Crippen LogP contribution is 2.34. The van der Waals surface area contributed by atoms with Crippen molar-refractivity contribution in [2.45, 2.75) is 24.7 Å². The molecule has 2 aromatic rings. The van der Waals surface area contributed by atoms with Gasteiger partial charge in [-0.05, 0) is 60.6 Å². The van der Waals surface area contributed by atoms with E-state index in [0.717, 1.165) is 22.3 Å². The lowest BCUT2D eigenvalue weighted by atomic mass is 9.92. The second-order valence-corrected chi connectivity index (χ2v) is 8.00. The van der Waals surface area contributed by atoms with Crippen molar-refractivity contribution in [2.75, 3.05) is 26.0 Å². The zero-order valence-electron chi connectivity index (χ0n) is 16.6. The molecule has 1 aliphatic rings. The maximum atomic E-state index is 13.1. The fraction of sp³-hybridized carbons (Fsp3) is 0.304. The van der Waals surface area contributed by atoms with Gasteiger partial charge in [0.05, 0.1) is 13.0 Å². The number of carbonyl (C=O) groups is 2. The van der Waals surface area contributed by atoms with Gasteiger partial charge < -0.3 is 9.64 Å². The van der Waals surface area contributed by atoms with Crippen molar-refractivity contribution >= 4 is 40.8 Å². The van der Waals surface area contributed by atoms with Crippen LogP contribution in [-0.2, 0) is 14.3 Å². The molecule has 0 N–H and O–H groups in total. The Labute approximate surface area is 180 Å². The van der Waals surface area contributed by atoms with Gasteiger partial charge in [-0.25, -0.2) is 0 Å². The summed E-state index contributed by atoms with van der Waals surface area (Å²) in [5, 5.41) is 0.657. The monoisotopic (exact) mass is 429 g/mol. The summed E-state index contributed by atoms with van der Waals surface area (Å²) >= 11 is 7.75. The normalized spacial score (nSPS) is 15.6. The molecule has 29 heavy (non-hydrogen) atoms. The van der Waals surface area contributed by atoms with Crippen molar-refractivity contribution in [3.63, 3.8) is 0 Å². The molecule has 0 aromatic heterocycles. The number of nitrogens with zero attached hydrogens (tertiary/aromatic N) is 1. The van der Waals surface area contributed by atoms with Crippen LogP contribution in [0.1, 0.15) is 30.9 Å². The number of ether oxygens (including phenoxy) is 1. The van der Waals surface area contributed by atoms with Gasteiger partial charge in [0.15, 0.2) is 0 Å². The van der Waals surface area contributed by atoms with Crippen LogP contribution in [0.4, 0.5) is 0 Å². The van der Waals surface area contributed by atoms with E-state index in [-0.39, 0.29) is 18.3 Å². The average Bonchev–Trinajstić information content (AvgIpc) is 3.09. The van der Waals surface area contributed by atoms with E-state index in [1.807, 2.05) is 30.5 Å². The van der Waals surface area contributed by atoms with E-state index >= 15 is 0 Å². The van der Waals surface area contributed by atoms with Crippen LogP contribution in [0.25, 0.3) is 5.57 Å². The summed E-state index contributed by atoms with van der Waals surface area (Å²) in [6, 6.07) is 15.8. The van der Waals surface area contributed by atoms with E-state index in [9.17, 15) is 9.59 Å². The molecule has 0 saturated carbocycles. The van der Waals surface area contributed by atoms with Crippen LogP contribution >= 0.6 is 23.4 Å². The van der Waals surface area contributed by atoms with Crippen molar-refractivity contribution < 1.29 is 14.3 Å². The number of carbonyl (C=O) groups excluding carboxylic acids is 2. The number of amides is 1. The molecule has 2 aromatic carbocycles. The van der Waals surface area contributed by atoms with Gasteiger partial charge in [-0.2, -0.15) is 0 Å². The molecule has 0 bridgehead atoms. The molecule has 0 spiro atoms. The molecule has 6 heteroatoms. The zero-order chi connectivity index (χ0) is 20.8. The van der Waals surface area contributed by atoms with Gasteiger partial charge >= 0.3 is 5.97 Å². The molecule has 1 fully saturated rings. The first-order valence-electron chi connectivity index (χ1n) is 9.62. The molecule has 1 heterocycles. The molecule has 1 aliphatic heterocycles. The summed E-state index contributed by atoms with van der Waals surface area (Å²) in [6.45, 7) is 3.11. The molecule has 0 unspecified atom stereocenters. The van der Waals surface area contributed by atoms with Crippen LogP contribution in [0.3, 0.4) is 0 Å². The molecular formula is C23H24ClNO3S. The lowest BCUT2D eigenvalue weighted by Crippen LogP contribution is -2.28. The minimum Gasteiger partial charge on any atom is -0.466 e. The van der Waals surface area contributed by atoms with Crippen molar-refractivity contribution in [2.24, 2.45) is 0 Å². The van der Waals surface area contributed by atoms with Crippen molar-refractivity contribution in [3.8, 4) is 0 Å². The number of hydrogen-bond acceptors (Lipinski definition) is 4. The summed E-state index contributed by atoms with van der Waals surface area (Å²) in [5.41, 5.74) is 3.66. The Morgan fingerprint density at radius 3 is 2.31 bits per heavy atom. The smallest absolute Gasteiger partial charge is 0.307 e. The number of likely N-dealkylation sites (tertiary alicyclic amines) is 1. The summed E-state index contributed by atoms with van der Waals surface area (Å²) in [5.74, 6) is -0.295. The predicted octanol–water partition coefficient (Wildman–Crippen LogP) is 5.05. The van der Waals surface area contributed by atoms with Crippen molar-refractivity contribution in [1.29, 1.82) is 0 Å². The third kappa shape index (κ3) is 5.22. The van der Waals surface area contributed by atoms with E-state index in [1.54, 1.807) is 23.6 Å². The van der Waals surface area contributed by atoms with Gasteiger partial charge in [0.25, 0.3) is 5.91 Å². The van der Waals surface area contributed by atoms with E-state index in [0.29, 0.717) is 31.1 Å². The first-order valence-corrected chi connectivity index (χ1v) is 11.2. The largest absolute Gasteiger partial charge is 0.466 e. The molecule has 152 valence electrons. The molecule has 4 nitrogen and oxygen atoms in total. The van der Waals surface area contributed by atoms with Gasteiger partial charge in [-0.3, -0.25) is 9.59 Å². The number of esters is 1. The fourth-order valence-corrected chi connectivity index (χ4v) is 3.97.